The molecular weight excluding hydrogens is 254 g/mol. The molecule has 0 radical (unpaired) electrons. The van der Waals surface area contributed by atoms with Crippen molar-refractivity contribution in [1.29, 1.82) is 0 Å². The standard InChI is InChI=1S/C14H19N5O/c1-9-11(5-4-8-15)10(2)17-14(16-9)12-6-7-13(20-3)19-18-12/h6-7H,4-5,8,15H2,1-3H3. The highest BCUT2D eigenvalue weighted by Gasteiger charge is 2.11. The maximum atomic E-state index is 5.55. The topological polar surface area (TPSA) is 86.8 Å². The van der Waals surface area contributed by atoms with E-state index in [1.807, 2.05) is 13.8 Å². The van der Waals surface area contributed by atoms with Gasteiger partial charge in [-0.25, -0.2) is 9.97 Å². The Labute approximate surface area is 118 Å². The molecule has 6 nitrogen and oxygen atoms in total. The van der Waals surface area contributed by atoms with Crippen LogP contribution in [0.4, 0.5) is 0 Å². The van der Waals surface area contributed by atoms with Gasteiger partial charge in [-0.2, -0.15) is 0 Å². The molecule has 0 aliphatic rings. The number of aromatic nitrogens is 4. The molecule has 0 saturated carbocycles. The van der Waals surface area contributed by atoms with Gasteiger partial charge in [0.2, 0.25) is 5.88 Å². The van der Waals surface area contributed by atoms with Gasteiger partial charge in [0.1, 0.15) is 5.69 Å². The summed E-state index contributed by atoms with van der Waals surface area (Å²) in [5.41, 5.74) is 9.30. The number of aryl methyl sites for hydroxylation is 2. The molecule has 20 heavy (non-hydrogen) atoms. The van der Waals surface area contributed by atoms with Crippen LogP contribution < -0.4 is 10.5 Å². The van der Waals surface area contributed by atoms with Gasteiger partial charge in [0.15, 0.2) is 5.82 Å². The molecule has 0 bridgehead atoms. The molecule has 6 heteroatoms. The molecular formula is C14H19N5O. The van der Waals surface area contributed by atoms with Crippen LogP contribution in [0, 0.1) is 13.8 Å². The van der Waals surface area contributed by atoms with E-state index in [1.165, 1.54) is 5.56 Å². The molecule has 0 aliphatic heterocycles. The lowest BCUT2D eigenvalue weighted by Crippen LogP contribution is -2.07. The fraction of sp³-hybridized carbons (Fsp3) is 0.429. The summed E-state index contributed by atoms with van der Waals surface area (Å²) in [5, 5.41) is 8.01. The van der Waals surface area contributed by atoms with Crippen LogP contribution in [0.1, 0.15) is 23.4 Å². The quantitative estimate of drug-likeness (QED) is 0.887. The Morgan fingerprint density at radius 1 is 1.10 bits per heavy atom. The lowest BCUT2D eigenvalue weighted by atomic mass is 10.1. The molecule has 0 amide bonds. The van der Waals surface area contributed by atoms with E-state index < -0.39 is 0 Å². The fourth-order valence-electron chi connectivity index (χ4n) is 2.04. The first-order valence-electron chi connectivity index (χ1n) is 6.58. The van der Waals surface area contributed by atoms with Crippen molar-refractivity contribution in [2.75, 3.05) is 13.7 Å². The van der Waals surface area contributed by atoms with Crippen molar-refractivity contribution in [3.63, 3.8) is 0 Å². The normalized spacial score (nSPS) is 10.6. The summed E-state index contributed by atoms with van der Waals surface area (Å²) >= 11 is 0. The third kappa shape index (κ3) is 3.08. The van der Waals surface area contributed by atoms with Crippen molar-refractivity contribution in [3.8, 4) is 17.4 Å². The van der Waals surface area contributed by atoms with Gasteiger partial charge in [-0.1, -0.05) is 0 Å². The highest BCUT2D eigenvalue weighted by molar-refractivity contribution is 5.50. The third-order valence-corrected chi connectivity index (χ3v) is 3.13. The highest BCUT2D eigenvalue weighted by Crippen LogP contribution is 2.18. The minimum atomic E-state index is 0.474. The van der Waals surface area contributed by atoms with Crippen LogP contribution in [-0.2, 0) is 6.42 Å². The van der Waals surface area contributed by atoms with E-state index in [0.29, 0.717) is 23.9 Å². The molecule has 2 rings (SSSR count). The average Bonchev–Trinajstić information content (AvgIpc) is 2.46. The summed E-state index contributed by atoms with van der Waals surface area (Å²) in [6.07, 6.45) is 1.84. The third-order valence-electron chi connectivity index (χ3n) is 3.13. The predicted molar refractivity (Wildman–Crippen MR) is 76.5 cm³/mol. The van der Waals surface area contributed by atoms with Crippen LogP contribution in [0.5, 0.6) is 5.88 Å². The van der Waals surface area contributed by atoms with Crippen molar-refractivity contribution in [1.82, 2.24) is 20.2 Å². The van der Waals surface area contributed by atoms with Gasteiger partial charge in [0.25, 0.3) is 0 Å². The second-order valence-electron chi connectivity index (χ2n) is 4.55. The number of nitrogens with zero attached hydrogens (tertiary/aromatic N) is 4. The summed E-state index contributed by atoms with van der Waals surface area (Å²) in [6.45, 7) is 4.65. The summed E-state index contributed by atoms with van der Waals surface area (Å²) in [7, 11) is 1.56. The maximum Gasteiger partial charge on any atom is 0.233 e. The predicted octanol–water partition coefficient (Wildman–Crippen LogP) is 1.45. The molecule has 0 unspecified atom stereocenters. The van der Waals surface area contributed by atoms with Gasteiger partial charge >= 0.3 is 0 Å². The zero-order valence-corrected chi connectivity index (χ0v) is 12.1. The van der Waals surface area contributed by atoms with Crippen molar-refractivity contribution >= 4 is 0 Å². The molecule has 0 saturated heterocycles. The zero-order valence-electron chi connectivity index (χ0n) is 12.1. The number of nitrogens with two attached hydrogens (primary N) is 1. The first kappa shape index (κ1) is 14.3. The van der Waals surface area contributed by atoms with E-state index in [-0.39, 0.29) is 0 Å². The van der Waals surface area contributed by atoms with Gasteiger partial charge in [0, 0.05) is 17.5 Å². The van der Waals surface area contributed by atoms with Crippen LogP contribution in [-0.4, -0.2) is 33.8 Å². The second kappa shape index (κ2) is 6.38. The summed E-state index contributed by atoms with van der Waals surface area (Å²) in [5.74, 6) is 1.06. The van der Waals surface area contributed by atoms with Gasteiger partial charge in [-0.05, 0) is 44.9 Å². The van der Waals surface area contributed by atoms with Crippen LogP contribution in [0.25, 0.3) is 11.5 Å². The van der Waals surface area contributed by atoms with Crippen molar-refractivity contribution < 1.29 is 4.74 Å². The highest BCUT2D eigenvalue weighted by atomic mass is 16.5. The van der Waals surface area contributed by atoms with E-state index in [9.17, 15) is 0 Å². The van der Waals surface area contributed by atoms with Crippen LogP contribution >= 0.6 is 0 Å². The van der Waals surface area contributed by atoms with Crippen LogP contribution in [0.15, 0.2) is 12.1 Å². The van der Waals surface area contributed by atoms with Crippen molar-refractivity contribution in [2.45, 2.75) is 26.7 Å². The average molecular weight is 273 g/mol. The van der Waals surface area contributed by atoms with Crippen LogP contribution in [0.2, 0.25) is 0 Å². The Balaban J connectivity index is 2.33. The van der Waals surface area contributed by atoms with Gasteiger partial charge in [-0.3, -0.25) is 0 Å². The van der Waals surface area contributed by atoms with E-state index in [1.54, 1.807) is 19.2 Å². The maximum absolute atomic E-state index is 5.55. The first-order valence-corrected chi connectivity index (χ1v) is 6.58. The smallest absolute Gasteiger partial charge is 0.233 e. The molecule has 2 aromatic rings. The minimum absolute atomic E-state index is 0.474. The lowest BCUT2D eigenvalue weighted by Gasteiger charge is -2.10. The molecule has 2 heterocycles. The SMILES string of the molecule is COc1ccc(-c2nc(C)c(CCCN)c(C)n2)nn1. The number of ether oxygens (including phenoxy) is 1. The molecule has 0 aromatic carbocycles. The Morgan fingerprint density at radius 3 is 2.30 bits per heavy atom. The first-order chi connectivity index (χ1) is 9.65. The molecule has 106 valence electrons. The Hall–Kier alpha value is -2.08. The van der Waals surface area contributed by atoms with E-state index >= 15 is 0 Å². The molecule has 0 fully saturated rings. The number of hydrogen-bond acceptors (Lipinski definition) is 6. The molecule has 0 aliphatic carbocycles. The molecule has 2 N–H and O–H groups in total. The largest absolute Gasteiger partial charge is 0.480 e. The zero-order chi connectivity index (χ0) is 14.5. The molecule has 2 aromatic heterocycles. The fourth-order valence-corrected chi connectivity index (χ4v) is 2.04. The Kier molecular flexibility index (Phi) is 4.57. The number of rotatable bonds is 5. The summed E-state index contributed by atoms with van der Waals surface area (Å²) in [6, 6.07) is 3.55. The number of hydrogen-bond donors (Lipinski definition) is 1. The summed E-state index contributed by atoms with van der Waals surface area (Å²) in [4.78, 5) is 9.03. The minimum Gasteiger partial charge on any atom is -0.480 e. The van der Waals surface area contributed by atoms with Gasteiger partial charge in [-0.15, -0.1) is 10.2 Å². The van der Waals surface area contributed by atoms with Crippen molar-refractivity contribution in [3.05, 3.63) is 29.1 Å². The lowest BCUT2D eigenvalue weighted by molar-refractivity contribution is 0.392. The monoisotopic (exact) mass is 273 g/mol. The molecule has 0 atom stereocenters. The van der Waals surface area contributed by atoms with E-state index in [2.05, 4.69) is 20.2 Å². The Bertz CT molecular complexity index is 560. The number of methoxy groups -OCH3 is 1. The summed E-state index contributed by atoms with van der Waals surface area (Å²) < 4.78 is 4.99. The van der Waals surface area contributed by atoms with Crippen LogP contribution in [0.3, 0.4) is 0 Å². The van der Waals surface area contributed by atoms with E-state index in [4.69, 9.17) is 10.5 Å². The molecule has 0 spiro atoms. The van der Waals surface area contributed by atoms with Crippen molar-refractivity contribution in [2.24, 2.45) is 5.73 Å². The second-order valence-corrected chi connectivity index (χ2v) is 4.55. The van der Waals surface area contributed by atoms with E-state index in [0.717, 1.165) is 24.2 Å². The van der Waals surface area contributed by atoms with Gasteiger partial charge < -0.3 is 10.5 Å². The Morgan fingerprint density at radius 2 is 1.80 bits per heavy atom. The van der Waals surface area contributed by atoms with Gasteiger partial charge in [0.05, 0.1) is 7.11 Å².